The first-order chi connectivity index (χ1) is 11.8. The Hall–Kier alpha value is -2.24. The third kappa shape index (κ3) is 2.50. The maximum atomic E-state index is 13.3. The molecule has 24 heavy (non-hydrogen) atoms. The molecule has 0 aliphatic carbocycles. The molecule has 1 N–H and O–H groups in total. The van der Waals surface area contributed by atoms with Crippen LogP contribution in [-0.4, -0.2) is 40.1 Å². The Kier molecular flexibility index (Phi) is 4.04. The van der Waals surface area contributed by atoms with Crippen molar-refractivity contribution in [3.63, 3.8) is 0 Å². The van der Waals surface area contributed by atoms with E-state index >= 15 is 0 Å². The van der Waals surface area contributed by atoms with Gasteiger partial charge in [-0.05, 0) is 30.5 Å². The van der Waals surface area contributed by atoms with Crippen LogP contribution in [0, 0.1) is 0 Å². The van der Waals surface area contributed by atoms with E-state index in [1.165, 1.54) is 0 Å². The fraction of sp³-hybridized carbons (Fsp3) is 0.263. The van der Waals surface area contributed by atoms with Crippen LogP contribution in [0.1, 0.15) is 23.2 Å². The summed E-state index contributed by atoms with van der Waals surface area (Å²) in [5.74, 6) is -0.0182. The summed E-state index contributed by atoms with van der Waals surface area (Å²) in [4.78, 5) is 20.5. The molecule has 5 heteroatoms. The lowest BCUT2D eigenvalue weighted by Gasteiger charge is -2.23. The van der Waals surface area contributed by atoms with Gasteiger partial charge in [-0.2, -0.15) is 0 Å². The molecule has 3 heterocycles. The molecule has 3 aromatic rings. The van der Waals surface area contributed by atoms with Gasteiger partial charge in [-0.1, -0.05) is 30.3 Å². The van der Waals surface area contributed by atoms with Crippen molar-refractivity contribution in [2.75, 3.05) is 13.2 Å². The predicted molar refractivity (Wildman–Crippen MR) is 96.2 cm³/mol. The standard InChI is InChI=1S/C19H18N2O2S/c22-12-14-8-5-11-21(14)19(23)16-17-15(9-4-10-20-17)24-18(16)13-6-2-1-3-7-13/h1-4,6-7,9-10,14,22H,5,8,11-12H2/t14-/m0/s1. The van der Waals surface area contributed by atoms with Crippen molar-refractivity contribution in [1.82, 2.24) is 9.88 Å². The SMILES string of the molecule is O=C(c1c(-c2ccccc2)sc2cccnc12)N1CCC[C@H]1CO. The largest absolute Gasteiger partial charge is 0.394 e. The lowest BCUT2D eigenvalue weighted by Crippen LogP contribution is -2.37. The lowest BCUT2D eigenvalue weighted by atomic mass is 10.1. The molecule has 1 aliphatic heterocycles. The van der Waals surface area contributed by atoms with Gasteiger partial charge in [0, 0.05) is 17.6 Å². The number of amides is 1. The van der Waals surface area contributed by atoms with Gasteiger partial charge in [-0.15, -0.1) is 11.3 Å². The lowest BCUT2D eigenvalue weighted by molar-refractivity contribution is 0.0680. The maximum absolute atomic E-state index is 13.3. The zero-order valence-electron chi connectivity index (χ0n) is 13.2. The Morgan fingerprint density at radius 3 is 2.88 bits per heavy atom. The Bertz CT molecular complexity index is 875. The highest BCUT2D eigenvalue weighted by molar-refractivity contribution is 7.22. The fourth-order valence-electron chi connectivity index (χ4n) is 3.36. The second kappa shape index (κ2) is 6.34. The van der Waals surface area contributed by atoms with Gasteiger partial charge < -0.3 is 10.0 Å². The van der Waals surface area contributed by atoms with E-state index in [2.05, 4.69) is 4.98 Å². The molecule has 1 saturated heterocycles. The van der Waals surface area contributed by atoms with E-state index in [0.717, 1.165) is 33.5 Å². The molecule has 1 amide bonds. The molecule has 1 atom stereocenters. The number of pyridine rings is 1. The van der Waals surface area contributed by atoms with Gasteiger partial charge in [0.2, 0.25) is 0 Å². The first-order valence-corrected chi connectivity index (χ1v) is 8.96. The van der Waals surface area contributed by atoms with Crippen molar-refractivity contribution < 1.29 is 9.90 Å². The third-order valence-corrected chi connectivity index (χ3v) is 5.74. The Morgan fingerprint density at radius 2 is 2.08 bits per heavy atom. The van der Waals surface area contributed by atoms with Crippen molar-refractivity contribution >= 4 is 27.5 Å². The van der Waals surface area contributed by atoms with Gasteiger partial charge in [-0.3, -0.25) is 9.78 Å². The molecule has 0 unspecified atom stereocenters. The first kappa shape index (κ1) is 15.3. The van der Waals surface area contributed by atoms with Crippen LogP contribution in [0.3, 0.4) is 0 Å². The van der Waals surface area contributed by atoms with E-state index < -0.39 is 0 Å². The van der Waals surface area contributed by atoms with Crippen LogP contribution < -0.4 is 0 Å². The number of hydrogen-bond acceptors (Lipinski definition) is 4. The molecule has 122 valence electrons. The van der Waals surface area contributed by atoms with E-state index in [9.17, 15) is 9.90 Å². The van der Waals surface area contributed by atoms with Crippen LogP contribution in [0.15, 0.2) is 48.7 Å². The van der Waals surface area contributed by atoms with E-state index in [1.54, 1.807) is 17.5 Å². The van der Waals surface area contributed by atoms with Crippen molar-refractivity contribution in [2.45, 2.75) is 18.9 Å². The molecule has 0 bridgehead atoms. The Labute approximate surface area is 144 Å². The van der Waals surface area contributed by atoms with Crippen LogP contribution in [0.4, 0.5) is 0 Å². The zero-order valence-corrected chi connectivity index (χ0v) is 14.0. The summed E-state index contributed by atoms with van der Waals surface area (Å²) < 4.78 is 1.01. The monoisotopic (exact) mass is 338 g/mol. The number of fused-ring (bicyclic) bond motifs is 1. The second-order valence-electron chi connectivity index (χ2n) is 6.00. The summed E-state index contributed by atoms with van der Waals surface area (Å²) in [5, 5.41) is 9.58. The molecule has 0 spiro atoms. The number of aliphatic hydroxyl groups excluding tert-OH is 1. The number of benzene rings is 1. The third-order valence-electron chi connectivity index (χ3n) is 4.55. The number of aromatic nitrogens is 1. The van der Waals surface area contributed by atoms with Crippen molar-refractivity contribution in [3.05, 3.63) is 54.2 Å². The average molecular weight is 338 g/mol. The fourth-order valence-corrected chi connectivity index (χ4v) is 4.51. The van der Waals surface area contributed by atoms with E-state index in [0.29, 0.717) is 12.1 Å². The van der Waals surface area contributed by atoms with Gasteiger partial charge in [0.15, 0.2) is 0 Å². The highest BCUT2D eigenvalue weighted by Crippen LogP contribution is 2.39. The van der Waals surface area contributed by atoms with Crippen LogP contribution in [0.5, 0.6) is 0 Å². The maximum Gasteiger partial charge on any atom is 0.257 e. The smallest absolute Gasteiger partial charge is 0.257 e. The molecule has 1 fully saturated rings. The highest BCUT2D eigenvalue weighted by atomic mass is 32.1. The zero-order chi connectivity index (χ0) is 16.5. The van der Waals surface area contributed by atoms with Crippen molar-refractivity contribution in [3.8, 4) is 10.4 Å². The Balaban J connectivity index is 1.88. The molecule has 4 rings (SSSR count). The van der Waals surface area contributed by atoms with Gasteiger partial charge in [0.25, 0.3) is 5.91 Å². The molecule has 1 aromatic carbocycles. The minimum absolute atomic E-state index is 0.0158. The van der Waals surface area contributed by atoms with E-state index in [4.69, 9.17) is 0 Å². The summed E-state index contributed by atoms with van der Waals surface area (Å²) in [7, 11) is 0. The molecule has 4 nitrogen and oxygen atoms in total. The van der Waals surface area contributed by atoms with Gasteiger partial charge in [0.05, 0.1) is 28.4 Å². The number of nitrogens with zero attached hydrogens (tertiary/aromatic N) is 2. The highest BCUT2D eigenvalue weighted by Gasteiger charge is 2.32. The second-order valence-corrected chi connectivity index (χ2v) is 7.05. The van der Waals surface area contributed by atoms with E-state index in [-0.39, 0.29) is 18.6 Å². The normalized spacial score (nSPS) is 17.5. The number of carbonyl (C=O) groups is 1. The summed E-state index contributed by atoms with van der Waals surface area (Å²) >= 11 is 1.60. The number of aliphatic hydroxyl groups is 1. The number of hydrogen-bond donors (Lipinski definition) is 1. The summed E-state index contributed by atoms with van der Waals surface area (Å²) in [6.07, 6.45) is 3.53. The van der Waals surface area contributed by atoms with Crippen LogP contribution >= 0.6 is 11.3 Å². The van der Waals surface area contributed by atoms with Gasteiger partial charge >= 0.3 is 0 Å². The molecule has 2 aromatic heterocycles. The number of carbonyl (C=O) groups excluding carboxylic acids is 1. The number of thiophene rings is 1. The average Bonchev–Trinajstić information content (AvgIpc) is 3.26. The molecule has 0 radical (unpaired) electrons. The summed E-state index contributed by atoms with van der Waals surface area (Å²) in [6, 6.07) is 13.8. The van der Waals surface area contributed by atoms with Gasteiger partial charge in [-0.25, -0.2) is 0 Å². The first-order valence-electron chi connectivity index (χ1n) is 8.14. The van der Waals surface area contributed by atoms with Crippen LogP contribution in [0.2, 0.25) is 0 Å². The van der Waals surface area contributed by atoms with Crippen LogP contribution in [0.25, 0.3) is 20.7 Å². The van der Waals surface area contributed by atoms with Crippen molar-refractivity contribution in [1.29, 1.82) is 0 Å². The summed E-state index contributed by atoms with van der Waals surface area (Å²) in [6.45, 7) is 0.713. The number of rotatable bonds is 3. The van der Waals surface area contributed by atoms with Crippen molar-refractivity contribution in [2.24, 2.45) is 0 Å². The molecule has 1 aliphatic rings. The molecular formula is C19H18N2O2S. The van der Waals surface area contributed by atoms with Crippen LogP contribution in [-0.2, 0) is 0 Å². The molecular weight excluding hydrogens is 320 g/mol. The number of likely N-dealkylation sites (tertiary alicyclic amines) is 1. The topological polar surface area (TPSA) is 53.4 Å². The van der Waals surface area contributed by atoms with Gasteiger partial charge in [0.1, 0.15) is 0 Å². The minimum atomic E-state index is -0.0835. The predicted octanol–water partition coefficient (Wildman–Crippen LogP) is 3.56. The molecule has 0 saturated carbocycles. The minimum Gasteiger partial charge on any atom is -0.394 e. The van der Waals surface area contributed by atoms with E-state index in [1.807, 2.05) is 47.4 Å². The summed E-state index contributed by atoms with van der Waals surface area (Å²) in [5.41, 5.74) is 2.46. The Morgan fingerprint density at radius 1 is 1.25 bits per heavy atom. The quantitative estimate of drug-likeness (QED) is 0.794.